The van der Waals surface area contributed by atoms with E-state index in [2.05, 4.69) is 17.1 Å². The summed E-state index contributed by atoms with van der Waals surface area (Å²) in [5, 5.41) is 8.29. The van der Waals surface area contributed by atoms with Crippen LogP contribution in [0.1, 0.15) is 13.8 Å². The molecule has 1 aromatic heterocycles. The Morgan fingerprint density at radius 1 is 1.25 bits per heavy atom. The van der Waals surface area contributed by atoms with Gasteiger partial charge in [0, 0.05) is 5.56 Å². The summed E-state index contributed by atoms with van der Waals surface area (Å²) >= 11 is 1.29. The van der Waals surface area contributed by atoms with E-state index < -0.39 is 0 Å². The number of likely N-dealkylation sites (N-methyl/N-ethyl adjacent to an activating group) is 1. The number of amides is 1. The normalized spacial score (nSPS) is 16.1. The Balaban J connectivity index is 1.63. The van der Waals surface area contributed by atoms with Crippen LogP contribution in [0.2, 0.25) is 0 Å². The highest BCUT2D eigenvalue weighted by Gasteiger charge is 2.28. The fraction of sp³-hybridized carbons (Fsp3) is 0.526. The van der Waals surface area contributed by atoms with Gasteiger partial charge in [0.25, 0.3) is 5.22 Å². The van der Waals surface area contributed by atoms with Gasteiger partial charge in [0.15, 0.2) is 11.5 Å². The largest absolute Gasteiger partial charge is 0.493 e. The number of nitrogens with one attached hydrogen (secondary N) is 1. The van der Waals surface area contributed by atoms with Gasteiger partial charge >= 0.3 is 0 Å². The maximum absolute atomic E-state index is 12.7. The predicted molar refractivity (Wildman–Crippen MR) is 106 cm³/mol. The van der Waals surface area contributed by atoms with Crippen molar-refractivity contribution in [3.8, 4) is 23.0 Å². The number of aromatic nitrogens is 2. The monoisotopic (exact) mass is 407 g/mol. The Labute approximate surface area is 169 Å². The van der Waals surface area contributed by atoms with Gasteiger partial charge in [0.2, 0.25) is 11.8 Å². The number of thioether (sulfide) groups is 1. The number of benzene rings is 1. The van der Waals surface area contributed by atoms with E-state index in [1.165, 1.54) is 11.8 Å². The first-order valence-corrected chi connectivity index (χ1v) is 10.3. The zero-order valence-electron chi connectivity index (χ0n) is 16.7. The molecule has 1 aromatic carbocycles. The van der Waals surface area contributed by atoms with Crippen molar-refractivity contribution < 1.29 is 23.6 Å². The number of ether oxygens (including phenoxy) is 2. The number of nitrogens with zero attached hydrogens (tertiary/aromatic N) is 3. The number of carbonyl (C=O) groups is 1. The zero-order valence-corrected chi connectivity index (χ0v) is 17.5. The van der Waals surface area contributed by atoms with Gasteiger partial charge in [-0.15, -0.1) is 10.2 Å². The summed E-state index contributed by atoms with van der Waals surface area (Å²) < 4.78 is 16.3. The molecule has 8 nitrogen and oxygen atoms in total. The maximum atomic E-state index is 12.7. The molecule has 1 aliphatic heterocycles. The van der Waals surface area contributed by atoms with E-state index in [0.29, 0.717) is 22.6 Å². The number of piperazine rings is 1. The van der Waals surface area contributed by atoms with Crippen LogP contribution in [0.25, 0.3) is 11.5 Å². The third-order valence-corrected chi connectivity index (χ3v) is 5.87. The number of carbonyl (C=O) groups excluding carboxylic acids is 1. The quantitative estimate of drug-likeness (QED) is 0.685. The average Bonchev–Trinajstić information content (AvgIpc) is 3.21. The molecule has 2 heterocycles. The van der Waals surface area contributed by atoms with Gasteiger partial charge in [-0.3, -0.25) is 4.79 Å². The lowest BCUT2D eigenvalue weighted by atomic mass is 10.2. The first-order valence-electron chi connectivity index (χ1n) is 9.40. The molecule has 1 aliphatic rings. The molecule has 0 spiro atoms. The highest BCUT2D eigenvalue weighted by Crippen LogP contribution is 2.33. The Hall–Kier alpha value is -2.26. The Morgan fingerprint density at radius 2 is 1.96 bits per heavy atom. The lowest BCUT2D eigenvalue weighted by Gasteiger charge is -2.32. The van der Waals surface area contributed by atoms with Crippen LogP contribution in [0, 0.1) is 0 Å². The van der Waals surface area contributed by atoms with E-state index in [9.17, 15) is 4.79 Å². The van der Waals surface area contributed by atoms with E-state index >= 15 is 0 Å². The van der Waals surface area contributed by atoms with Crippen LogP contribution in [-0.4, -0.2) is 73.2 Å². The van der Waals surface area contributed by atoms with Gasteiger partial charge in [0.1, 0.15) is 0 Å². The predicted octanol–water partition coefficient (Wildman–Crippen LogP) is 0.981. The van der Waals surface area contributed by atoms with Crippen molar-refractivity contribution in [2.45, 2.75) is 24.3 Å². The zero-order chi connectivity index (χ0) is 20.1. The molecule has 0 aliphatic carbocycles. The summed E-state index contributed by atoms with van der Waals surface area (Å²) in [7, 11) is 3.16. The van der Waals surface area contributed by atoms with Crippen LogP contribution in [0.15, 0.2) is 27.8 Å². The molecule has 2 aromatic rings. The van der Waals surface area contributed by atoms with Crippen molar-refractivity contribution in [3.63, 3.8) is 0 Å². The number of methoxy groups -OCH3 is 2. The molecule has 1 fully saturated rings. The molecular weight excluding hydrogens is 380 g/mol. The van der Waals surface area contributed by atoms with Crippen molar-refractivity contribution in [2.75, 3.05) is 46.9 Å². The molecule has 152 valence electrons. The number of quaternary nitrogens is 1. The van der Waals surface area contributed by atoms with Crippen molar-refractivity contribution in [1.29, 1.82) is 0 Å². The van der Waals surface area contributed by atoms with E-state index in [1.807, 2.05) is 17.9 Å². The molecule has 1 saturated heterocycles. The van der Waals surface area contributed by atoms with Crippen LogP contribution in [0.3, 0.4) is 0 Å². The first-order chi connectivity index (χ1) is 13.5. The third kappa shape index (κ3) is 4.59. The van der Waals surface area contributed by atoms with Crippen LogP contribution in [0.5, 0.6) is 11.5 Å². The Kier molecular flexibility index (Phi) is 6.79. The Bertz CT molecular complexity index is 805. The first kappa shape index (κ1) is 20.5. The molecule has 1 atom stereocenters. The second kappa shape index (κ2) is 9.29. The van der Waals surface area contributed by atoms with Gasteiger partial charge in [0.05, 0.1) is 52.2 Å². The fourth-order valence-corrected chi connectivity index (χ4v) is 3.97. The summed E-state index contributed by atoms with van der Waals surface area (Å²) in [6.07, 6.45) is 0. The van der Waals surface area contributed by atoms with E-state index in [-0.39, 0.29) is 11.2 Å². The summed E-state index contributed by atoms with van der Waals surface area (Å²) in [5.41, 5.74) is 0.731. The molecule has 28 heavy (non-hydrogen) atoms. The summed E-state index contributed by atoms with van der Waals surface area (Å²) in [5.74, 6) is 1.71. The van der Waals surface area contributed by atoms with Crippen molar-refractivity contribution in [2.24, 2.45) is 0 Å². The second-order valence-corrected chi connectivity index (χ2v) is 7.92. The molecule has 0 radical (unpaired) electrons. The van der Waals surface area contributed by atoms with Crippen molar-refractivity contribution >= 4 is 17.7 Å². The molecule has 1 N–H and O–H groups in total. The molecule has 3 rings (SSSR count). The molecule has 1 amide bonds. The van der Waals surface area contributed by atoms with E-state index in [1.54, 1.807) is 31.3 Å². The number of hydrogen-bond donors (Lipinski definition) is 1. The molecule has 0 saturated carbocycles. The van der Waals surface area contributed by atoms with Crippen LogP contribution in [0.4, 0.5) is 0 Å². The van der Waals surface area contributed by atoms with Gasteiger partial charge in [-0.1, -0.05) is 11.8 Å². The number of hydrogen-bond acceptors (Lipinski definition) is 7. The van der Waals surface area contributed by atoms with Gasteiger partial charge < -0.3 is 23.7 Å². The minimum atomic E-state index is -0.276. The third-order valence-electron chi connectivity index (χ3n) is 4.94. The number of rotatable bonds is 7. The van der Waals surface area contributed by atoms with E-state index in [0.717, 1.165) is 38.3 Å². The summed E-state index contributed by atoms with van der Waals surface area (Å²) in [6.45, 7) is 8.77. The SMILES string of the molecule is CC[NH+]1CCN(C(=O)[C@@H](C)Sc2nnc(-c3ccc(OC)c(OC)c3)o2)CC1. The highest BCUT2D eigenvalue weighted by atomic mass is 32.2. The second-order valence-electron chi connectivity index (χ2n) is 6.63. The molecule has 0 bridgehead atoms. The van der Waals surface area contributed by atoms with Gasteiger partial charge in [-0.05, 0) is 32.0 Å². The molecule has 0 unspecified atom stereocenters. The van der Waals surface area contributed by atoms with E-state index in [4.69, 9.17) is 13.9 Å². The highest BCUT2D eigenvalue weighted by molar-refractivity contribution is 8.00. The molecular formula is C19H27N4O4S+. The lowest BCUT2D eigenvalue weighted by molar-refractivity contribution is -0.902. The van der Waals surface area contributed by atoms with Crippen molar-refractivity contribution in [3.05, 3.63) is 18.2 Å². The molecule has 9 heteroatoms. The fourth-order valence-electron chi connectivity index (χ4n) is 3.20. The van der Waals surface area contributed by atoms with Crippen LogP contribution < -0.4 is 14.4 Å². The minimum Gasteiger partial charge on any atom is -0.493 e. The standard InChI is InChI=1S/C19H26N4O4S/c1-5-22-8-10-23(11-9-22)18(24)13(2)28-19-21-20-17(27-19)14-6-7-15(25-3)16(12-14)26-4/h6-7,12-13H,5,8-11H2,1-4H3/p+1/t13-/m1/s1. The van der Waals surface area contributed by atoms with Crippen LogP contribution >= 0.6 is 11.8 Å². The van der Waals surface area contributed by atoms with Gasteiger partial charge in [-0.2, -0.15) is 0 Å². The smallest absolute Gasteiger partial charge is 0.277 e. The average molecular weight is 408 g/mol. The maximum Gasteiger partial charge on any atom is 0.277 e. The Morgan fingerprint density at radius 3 is 2.61 bits per heavy atom. The van der Waals surface area contributed by atoms with Crippen LogP contribution in [-0.2, 0) is 4.79 Å². The van der Waals surface area contributed by atoms with Crippen molar-refractivity contribution in [1.82, 2.24) is 15.1 Å². The minimum absolute atomic E-state index is 0.117. The summed E-state index contributed by atoms with van der Waals surface area (Å²) in [4.78, 5) is 16.2. The van der Waals surface area contributed by atoms with Gasteiger partial charge in [-0.25, -0.2) is 0 Å². The topological polar surface area (TPSA) is 82.1 Å². The summed E-state index contributed by atoms with van der Waals surface area (Å²) in [6, 6.07) is 5.40. The lowest BCUT2D eigenvalue weighted by Crippen LogP contribution is -3.14.